The number of hydrogen-bond donors (Lipinski definition) is 1. The van der Waals surface area contributed by atoms with Crippen molar-refractivity contribution in [1.82, 2.24) is 10.3 Å². The molecule has 0 bridgehead atoms. The molecule has 1 aromatic rings. The smallest absolute Gasteiger partial charge is 0.0928 e. The molecule has 0 aromatic carbocycles. The minimum absolute atomic E-state index is 0.762. The quantitative estimate of drug-likeness (QED) is 0.733. The summed E-state index contributed by atoms with van der Waals surface area (Å²) in [6.07, 6.45) is 1.03. The van der Waals surface area contributed by atoms with Gasteiger partial charge in [0.15, 0.2) is 0 Å². The number of aromatic nitrogens is 1. The van der Waals surface area contributed by atoms with Gasteiger partial charge in [0.2, 0.25) is 0 Å². The van der Waals surface area contributed by atoms with Crippen LogP contribution in [0.3, 0.4) is 0 Å². The van der Waals surface area contributed by atoms with Gasteiger partial charge in [-0.25, -0.2) is 4.98 Å². The predicted octanol–water partition coefficient (Wildman–Crippen LogP) is 1.75. The summed E-state index contributed by atoms with van der Waals surface area (Å²) in [5.41, 5.74) is 1.16. The van der Waals surface area contributed by atoms with Crippen LogP contribution in [0.2, 0.25) is 0 Å². The van der Waals surface area contributed by atoms with E-state index in [1.54, 1.807) is 18.4 Å². The van der Waals surface area contributed by atoms with Crippen molar-refractivity contribution >= 4 is 11.3 Å². The van der Waals surface area contributed by atoms with Gasteiger partial charge in [-0.15, -0.1) is 11.3 Å². The normalized spacial score (nSPS) is 10.8. The molecule has 80 valence electrons. The van der Waals surface area contributed by atoms with Gasteiger partial charge in [0.25, 0.3) is 0 Å². The molecule has 1 N–H and O–H groups in total. The average molecular weight is 214 g/mol. The van der Waals surface area contributed by atoms with Gasteiger partial charge in [-0.1, -0.05) is 6.92 Å². The number of ether oxygens (including phenoxy) is 1. The van der Waals surface area contributed by atoms with E-state index in [0.29, 0.717) is 0 Å². The Morgan fingerprint density at radius 2 is 2.29 bits per heavy atom. The molecule has 14 heavy (non-hydrogen) atoms. The van der Waals surface area contributed by atoms with Gasteiger partial charge in [0.05, 0.1) is 17.3 Å². The zero-order valence-corrected chi connectivity index (χ0v) is 9.91. The standard InChI is InChI=1S/C10H18N2OS/c1-4-10-12-8(2)9(14-10)7-11-5-6-13-3/h11H,4-7H2,1-3H3. The lowest BCUT2D eigenvalue weighted by atomic mass is 10.4. The van der Waals surface area contributed by atoms with E-state index in [0.717, 1.165) is 31.8 Å². The minimum atomic E-state index is 0.762. The number of rotatable bonds is 6. The molecule has 0 aliphatic rings. The zero-order chi connectivity index (χ0) is 10.4. The molecule has 0 radical (unpaired) electrons. The highest BCUT2D eigenvalue weighted by Crippen LogP contribution is 2.17. The van der Waals surface area contributed by atoms with Gasteiger partial charge < -0.3 is 10.1 Å². The first-order chi connectivity index (χ1) is 6.77. The summed E-state index contributed by atoms with van der Waals surface area (Å²) in [5, 5.41) is 4.55. The van der Waals surface area contributed by atoms with Crippen LogP contribution in [0.5, 0.6) is 0 Å². The number of nitrogens with zero attached hydrogens (tertiary/aromatic N) is 1. The highest BCUT2D eigenvalue weighted by Gasteiger charge is 2.04. The molecule has 0 unspecified atom stereocenters. The Bertz CT molecular complexity index is 273. The van der Waals surface area contributed by atoms with Gasteiger partial charge in [-0.2, -0.15) is 0 Å². The number of aryl methyl sites for hydroxylation is 2. The SMILES string of the molecule is CCc1nc(C)c(CNCCOC)s1. The summed E-state index contributed by atoms with van der Waals surface area (Å²) >= 11 is 1.80. The first-order valence-corrected chi connectivity index (χ1v) is 5.74. The van der Waals surface area contributed by atoms with Gasteiger partial charge in [0, 0.05) is 25.1 Å². The van der Waals surface area contributed by atoms with E-state index in [4.69, 9.17) is 4.74 Å². The molecule has 0 atom stereocenters. The molecule has 0 aliphatic carbocycles. The van der Waals surface area contributed by atoms with Crippen LogP contribution in [-0.2, 0) is 17.7 Å². The monoisotopic (exact) mass is 214 g/mol. The van der Waals surface area contributed by atoms with Crippen LogP contribution >= 0.6 is 11.3 Å². The topological polar surface area (TPSA) is 34.2 Å². The molecule has 0 saturated heterocycles. The number of methoxy groups -OCH3 is 1. The second-order valence-electron chi connectivity index (χ2n) is 3.14. The maximum atomic E-state index is 4.96. The molecule has 4 heteroatoms. The van der Waals surface area contributed by atoms with E-state index in [2.05, 4.69) is 24.1 Å². The van der Waals surface area contributed by atoms with Crippen LogP contribution in [0.1, 0.15) is 22.5 Å². The van der Waals surface area contributed by atoms with E-state index in [1.165, 1.54) is 9.88 Å². The maximum absolute atomic E-state index is 4.96. The molecule has 1 rings (SSSR count). The van der Waals surface area contributed by atoms with Crippen molar-refractivity contribution in [2.75, 3.05) is 20.3 Å². The van der Waals surface area contributed by atoms with Gasteiger partial charge in [-0.3, -0.25) is 0 Å². The Morgan fingerprint density at radius 3 is 2.86 bits per heavy atom. The number of hydrogen-bond acceptors (Lipinski definition) is 4. The summed E-state index contributed by atoms with van der Waals surface area (Å²) in [7, 11) is 1.72. The molecular formula is C10H18N2OS. The summed E-state index contributed by atoms with van der Waals surface area (Å²) in [6.45, 7) is 6.78. The average Bonchev–Trinajstić information content (AvgIpc) is 2.54. The van der Waals surface area contributed by atoms with Crippen molar-refractivity contribution in [2.45, 2.75) is 26.8 Å². The van der Waals surface area contributed by atoms with Crippen molar-refractivity contribution < 1.29 is 4.74 Å². The molecule has 0 spiro atoms. The van der Waals surface area contributed by atoms with Crippen molar-refractivity contribution in [3.8, 4) is 0 Å². The molecular weight excluding hydrogens is 196 g/mol. The number of thiazole rings is 1. The van der Waals surface area contributed by atoms with Gasteiger partial charge in [-0.05, 0) is 13.3 Å². The van der Waals surface area contributed by atoms with Crippen LogP contribution in [0.4, 0.5) is 0 Å². The van der Waals surface area contributed by atoms with Crippen LogP contribution in [0.25, 0.3) is 0 Å². The first-order valence-electron chi connectivity index (χ1n) is 4.92. The third-order valence-corrected chi connectivity index (χ3v) is 3.31. The second kappa shape index (κ2) is 6.11. The minimum Gasteiger partial charge on any atom is -0.383 e. The van der Waals surface area contributed by atoms with E-state index in [1.807, 2.05) is 0 Å². The van der Waals surface area contributed by atoms with Crippen LogP contribution in [0, 0.1) is 6.92 Å². The Labute approximate surface area is 89.5 Å². The Morgan fingerprint density at radius 1 is 1.50 bits per heavy atom. The molecule has 1 heterocycles. The number of nitrogens with one attached hydrogen (secondary N) is 1. The Kier molecular flexibility index (Phi) is 5.07. The fourth-order valence-electron chi connectivity index (χ4n) is 1.18. The van der Waals surface area contributed by atoms with E-state index >= 15 is 0 Å². The van der Waals surface area contributed by atoms with Crippen LogP contribution in [0.15, 0.2) is 0 Å². The summed E-state index contributed by atoms with van der Waals surface area (Å²) in [4.78, 5) is 5.82. The third kappa shape index (κ3) is 3.36. The predicted molar refractivity (Wildman–Crippen MR) is 59.8 cm³/mol. The molecule has 3 nitrogen and oxygen atoms in total. The Balaban J connectivity index is 2.38. The van der Waals surface area contributed by atoms with Crippen molar-refractivity contribution in [3.63, 3.8) is 0 Å². The van der Waals surface area contributed by atoms with Crippen molar-refractivity contribution in [1.29, 1.82) is 0 Å². The summed E-state index contributed by atoms with van der Waals surface area (Å²) < 4.78 is 4.96. The van der Waals surface area contributed by atoms with E-state index in [-0.39, 0.29) is 0 Å². The molecule has 0 amide bonds. The fourth-order valence-corrected chi connectivity index (χ4v) is 2.16. The van der Waals surface area contributed by atoms with E-state index in [9.17, 15) is 0 Å². The van der Waals surface area contributed by atoms with Gasteiger partial charge in [0.1, 0.15) is 0 Å². The lowest BCUT2D eigenvalue weighted by Gasteiger charge is -2.01. The molecule has 0 aliphatic heterocycles. The third-order valence-electron chi connectivity index (χ3n) is 2.01. The lowest BCUT2D eigenvalue weighted by Crippen LogP contribution is -2.18. The fraction of sp³-hybridized carbons (Fsp3) is 0.700. The van der Waals surface area contributed by atoms with E-state index < -0.39 is 0 Å². The Hall–Kier alpha value is -0.450. The largest absolute Gasteiger partial charge is 0.383 e. The second-order valence-corrected chi connectivity index (χ2v) is 4.31. The maximum Gasteiger partial charge on any atom is 0.0928 e. The highest BCUT2D eigenvalue weighted by atomic mass is 32.1. The first kappa shape index (κ1) is 11.6. The summed E-state index contributed by atoms with van der Waals surface area (Å²) in [5.74, 6) is 0. The van der Waals surface area contributed by atoms with Crippen LogP contribution < -0.4 is 5.32 Å². The lowest BCUT2D eigenvalue weighted by molar-refractivity contribution is 0.199. The summed E-state index contributed by atoms with van der Waals surface area (Å²) in [6, 6.07) is 0. The van der Waals surface area contributed by atoms with Crippen molar-refractivity contribution in [2.24, 2.45) is 0 Å². The molecule has 0 saturated carbocycles. The van der Waals surface area contributed by atoms with Crippen LogP contribution in [-0.4, -0.2) is 25.2 Å². The van der Waals surface area contributed by atoms with Gasteiger partial charge >= 0.3 is 0 Å². The molecule has 1 aromatic heterocycles. The zero-order valence-electron chi connectivity index (χ0n) is 9.09. The molecule has 0 fully saturated rings. The van der Waals surface area contributed by atoms with Crippen molar-refractivity contribution in [3.05, 3.63) is 15.6 Å². The highest BCUT2D eigenvalue weighted by molar-refractivity contribution is 7.11.